The second kappa shape index (κ2) is 14.6. The maximum atomic E-state index is 13.0. The summed E-state index contributed by atoms with van der Waals surface area (Å²) in [6.07, 6.45) is 7.55. The molecule has 0 aromatic heterocycles. The highest BCUT2D eigenvalue weighted by molar-refractivity contribution is 5.82. The van der Waals surface area contributed by atoms with Crippen LogP contribution in [0.4, 0.5) is 4.79 Å². The van der Waals surface area contributed by atoms with Gasteiger partial charge in [-0.1, -0.05) is 47.5 Å². The molecule has 3 rings (SSSR count). The number of ether oxygens (including phenoxy) is 1. The Hall–Kier alpha value is -1.79. The average Bonchev–Trinajstić information content (AvgIpc) is 3.66. The molecule has 1 N–H and O–H groups in total. The monoisotopic (exact) mass is 482 g/mol. The minimum Gasteiger partial charge on any atom is -0.481 e. The number of carboxylic acids is 1. The van der Waals surface area contributed by atoms with Gasteiger partial charge in [0.15, 0.2) is 0 Å². The fourth-order valence-corrected chi connectivity index (χ4v) is 5.44. The predicted molar refractivity (Wildman–Crippen MR) is 136 cm³/mol. The van der Waals surface area contributed by atoms with Gasteiger partial charge in [-0.05, 0) is 64.7 Å². The Balaban J connectivity index is 0.000000733. The number of carbonyl (C=O) groups is 3. The molecule has 0 aromatic rings. The number of amides is 2. The van der Waals surface area contributed by atoms with Gasteiger partial charge in [0.1, 0.15) is 0 Å². The van der Waals surface area contributed by atoms with Crippen LogP contribution in [0.5, 0.6) is 0 Å². The Bertz CT molecular complexity index is 645. The summed E-state index contributed by atoms with van der Waals surface area (Å²) in [5.41, 5.74) is 0. The summed E-state index contributed by atoms with van der Waals surface area (Å²) in [7, 11) is 0. The summed E-state index contributed by atoms with van der Waals surface area (Å²) >= 11 is 0. The number of hydrogen-bond acceptors (Lipinski definition) is 4. The van der Waals surface area contributed by atoms with Gasteiger partial charge in [-0.3, -0.25) is 9.59 Å². The molecule has 4 atom stereocenters. The van der Waals surface area contributed by atoms with E-state index in [2.05, 4.69) is 25.7 Å². The van der Waals surface area contributed by atoms with E-state index in [0.717, 1.165) is 25.7 Å². The summed E-state index contributed by atoms with van der Waals surface area (Å²) in [6, 6.07) is 0.338. The molecule has 34 heavy (non-hydrogen) atoms. The van der Waals surface area contributed by atoms with Gasteiger partial charge in [0.25, 0.3) is 0 Å². The molecule has 7 nitrogen and oxygen atoms in total. The lowest BCUT2D eigenvalue weighted by Gasteiger charge is -2.54. The van der Waals surface area contributed by atoms with Gasteiger partial charge < -0.3 is 19.6 Å². The Kier molecular flexibility index (Phi) is 13.0. The van der Waals surface area contributed by atoms with E-state index in [0.29, 0.717) is 24.3 Å². The second-order valence-electron chi connectivity index (χ2n) is 9.99. The van der Waals surface area contributed by atoms with Crippen LogP contribution in [0.2, 0.25) is 0 Å². The molecular weight excluding hydrogens is 432 g/mol. The van der Waals surface area contributed by atoms with Crippen LogP contribution in [-0.4, -0.2) is 63.7 Å². The van der Waals surface area contributed by atoms with Gasteiger partial charge in [0.05, 0.1) is 18.2 Å². The van der Waals surface area contributed by atoms with Crippen LogP contribution in [0.1, 0.15) is 107 Å². The fraction of sp³-hybridized carbons (Fsp3) is 0.889. The molecule has 198 valence electrons. The van der Waals surface area contributed by atoms with Crippen molar-refractivity contribution in [1.29, 1.82) is 0 Å². The first-order valence-corrected chi connectivity index (χ1v) is 13.7. The van der Waals surface area contributed by atoms with Crippen LogP contribution in [0.25, 0.3) is 0 Å². The summed E-state index contributed by atoms with van der Waals surface area (Å²) in [5, 5.41) is 7.72. The van der Waals surface area contributed by atoms with Crippen molar-refractivity contribution in [1.82, 2.24) is 9.80 Å². The predicted octanol–water partition coefficient (Wildman–Crippen LogP) is 5.95. The average molecular weight is 483 g/mol. The smallest absolute Gasteiger partial charge is 0.410 e. The van der Waals surface area contributed by atoms with Crippen molar-refractivity contribution in [3.8, 4) is 0 Å². The van der Waals surface area contributed by atoms with E-state index in [9.17, 15) is 14.4 Å². The highest BCUT2D eigenvalue weighted by atomic mass is 16.6. The molecule has 3 fully saturated rings. The van der Waals surface area contributed by atoms with Crippen LogP contribution < -0.4 is 0 Å². The van der Waals surface area contributed by atoms with Crippen LogP contribution in [0, 0.1) is 17.8 Å². The zero-order chi connectivity index (χ0) is 26.0. The summed E-state index contributed by atoms with van der Waals surface area (Å²) in [4.78, 5) is 39.3. The van der Waals surface area contributed by atoms with Crippen LogP contribution in [-0.2, 0) is 14.3 Å². The molecule has 3 aliphatic rings. The Labute approximate surface area is 207 Å². The SMILES string of the molecule is CC.CCC(=O)O.CCC(CC)C1CCC2C(C1)N(C(=O)OC(C)C)C[C@H](C)N2C(=O)C1CC1. The van der Waals surface area contributed by atoms with Crippen molar-refractivity contribution in [3.63, 3.8) is 0 Å². The van der Waals surface area contributed by atoms with Gasteiger partial charge >= 0.3 is 12.1 Å². The number of piperazine rings is 1. The van der Waals surface area contributed by atoms with Crippen molar-refractivity contribution in [2.75, 3.05) is 6.54 Å². The Morgan fingerprint density at radius 2 is 1.53 bits per heavy atom. The van der Waals surface area contributed by atoms with E-state index in [1.165, 1.54) is 19.3 Å². The van der Waals surface area contributed by atoms with E-state index in [4.69, 9.17) is 9.84 Å². The number of fused-ring (bicyclic) bond motifs is 1. The molecule has 2 aliphatic carbocycles. The maximum absolute atomic E-state index is 13.0. The molecule has 3 unspecified atom stereocenters. The highest BCUT2D eigenvalue weighted by Crippen LogP contribution is 2.42. The molecule has 1 aliphatic heterocycles. The number of nitrogens with zero attached hydrogens (tertiary/aromatic N) is 2. The van der Waals surface area contributed by atoms with Crippen molar-refractivity contribution >= 4 is 18.0 Å². The van der Waals surface area contributed by atoms with Gasteiger partial charge in [-0.15, -0.1) is 0 Å². The van der Waals surface area contributed by atoms with E-state index in [-0.39, 0.29) is 42.7 Å². The molecule has 0 bridgehead atoms. The molecule has 0 aromatic carbocycles. The summed E-state index contributed by atoms with van der Waals surface area (Å²) in [6.45, 7) is 16.6. The number of hydrogen-bond donors (Lipinski definition) is 1. The van der Waals surface area contributed by atoms with E-state index in [1.54, 1.807) is 6.92 Å². The van der Waals surface area contributed by atoms with Gasteiger partial charge in [-0.25, -0.2) is 4.79 Å². The number of aliphatic carboxylic acids is 1. The molecule has 0 spiro atoms. The van der Waals surface area contributed by atoms with E-state index >= 15 is 0 Å². The summed E-state index contributed by atoms with van der Waals surface area (Å²) < 4.78 is 5.57. The lowest BCUT2D eigenvalue weighted by atomic mass is 9.72. The van der Waals surface area contributed by atoms with E-state index in [1.807, 2.05) is 32.6 Å². The Morgan fingerprint density at radius 1 is 0.971 bits per heavy atom. The molecule has 2 amide bonds. The quantitative estimate of drug-likeness (QED) is 0.505. The van der Waals surface area contributed by atoms with Crippen molar-refractivity contribution in [2.45, 2.75) is 131 Å². The number of carboxylic acid groups (broad SMARTS) is 1. The molecular formula is C27H50N2O5. The molecule has 1 heterocycles. The van der Waals surface area contributed by atoms with Crippen molar-refractivity contribution in [3.05, 3.63) is 0 Å². The highest BCUT2D eigenvalue weighted by Gasteiger charge is 2.50. The topological polar surface area (TPSA) is 87.2 Å². The maximum Gasteiger partial charge on any atom is 0.410 e. The molecule has 2 saturated carbocycles. The first-order chi connectivity index (χ1) is 16.1. The fourth-order valence-electron chi connectivity index (χ4n) is 5.44. The van der Waals surface area contributed by atoms with Crippen LogP contribution in [0.15, 0.2) is 0 Å². The minimum absolute atomic E-state index is 0.0729. The van der Waals surface area contributed by atoms with Gasteiger partial charge in [0, 0.05) is 24.9 Å². The number of carbonyl (C=O) groups excluding carboxylic acids is 2. The molecule has 7 heteroatoms. The first kappa shape index (κ1) is 30.2. The Morgan fingerprint density at radius 3 is 1.97 bits per heavy atom. The molecule has 1 saturated heterocycles. The largest absolute Gasteiger partial charge is 0.481 e. The second-order valence-corrected chi connectivity index (χ2v) is 9.99. The third-order valence-electron chi connectivity index (χ3n) is 7.29. The summed E-state index contributed by atoms with van der Waals surface area (Å²) in [5.74, 6) is 1.17. The number of rotatable bonds is 6. The van der Waals surface area contributed by atoms with E-state index < -0.39 is 5.97 Å². The zero-order valence-electron chi connectivity index (χ0n) is 22.9. The third-order valence-corrected chi connectivity index (χ3v) is 7.29. The zero-order valence-corrected chi connectivity index (χ0v) is 22.9. The lowest BCUT2D eigenvalue weighted by molar-refractivity contribution is -0.146. The van der Waals surface area contributed by atoms with Crippen LogP contribution >= 0.6 is 0 Å². The lowest BCUT2D eigenvalue weighted by Crippen LogP contribution is -2.67. The molecule has 0 radical (unpaired) electrons. The van der Waals surface area contributed by atoms with Crippen molar-refractivity contribution in [2.24, 2.45) is 17.8 Å². The minimum atomic E-state index is -0.745. The van der Waals surface area contributed by atoms with Gasteiger partial charge in [0.2, 0.25) is 5.91 Å². The van der Waals surface area contributed by atoms with Gasteiger partial charge in [-0.2, -0.15) is 0 Å². The first-order valence-electron chi connectivity index (χ1n) is 13.7. The third kappa shape index (κ3) is 8.16. The van der Waals surface area contributed by atoms with Crippen LogP contribution in [0.3, 0.4) is 0 Å². The normalized spacial score (nSPS) is 26.1. The standard InChI is InChI=1S/C22H38N2O3.C3H6O2.C2H6/c1-6-16(7-2)18-10-11-19-20(12-18)23(22(26)27-14(3)4)13-15(5)24(19)21(25)17-8-9-17;1-2-3(4)5;1-2/h14-20H,6-13H2,1-5H3;2H2,1H3,(H,4,5);1-2H3/t15-,18?,19?,20?;;/m0../s1. The van der Waals surface area contributed by atoms with Crippen molar-refractivity contribution < 1.29 is 24.2 Å².